The van der Waals surface area contributed by atoms with Crippen molar-refractivity contribution >= 4 is 11.7 Å². The van der Waals surface area contributed by atoms with E-state index in [1.54, 1.807) is 13.8 Å². The van der Waals surface area contributed by atoms with Crippen molar-refractivity contribution in [2.45, 2.75) is 34.2 Å². The molecular weight excluding hydrogens is 292 g/mol. The largest absolute Gasteiger partial charge is 0.336 e. The number of carbonyl (C=O) groups is 1. The van der Waals surface area contributed by atoms with Gasteiger partial charge < -0.3 is 10.6 Å². The van der Waals surface area contributed by atoms with Crippen LogP contribution in [-0.4, -0.2) is 22.1 Å². The van der Waals surface area contributed by atoms with E-state index in [4.69, 9.17) is 0 Å². The van der Waals surface area contributed by atoms with Crippen LogP contribution in [-0.2, 0) is 6.54 Å². The van der Waals surface area contributed by atoms with Crippen molar-refractivity contribution in [3.8, 4) is 0 Å². The van der Waals surface area contributed by atoms with Gasteiger partial charge in [-0.15, -0.1) is 0 Å². The standard InChI is InChI=1S/C17H22N4O2/c1-11-6-5-7-15(12(11)2)20-17(23)18-8-9-21-10-19-14(4)13(3)16(21)22/h5-7,10H,8-9H2,1-4H3,(H2,18,20,23). The Kier molecular flexibility index (Phi) is 5.16. The summed E-state index contributed by atoms with van der Waals surface area (Å²) in [5.74, 6) is 0. The summed E-state index contributed by atoms with van der Waals surface area (Å²) in [7, 11) is 0. The fourth-order valence-electron chi connectivity index (χ4n) is 2.18. The number of hydrogen-bond donors (Lipinski definition) is 2. The first-order chi connectivity index (χ1) is 10.9. The van der Waals surface area contributed by atoms with Crippen molar-refractivity contribution < 1.29 is 4.79 Å². The van der Waals surface area contributed by atoms with Gasteiger partial charge in [-0.1, -0.05) is 12.1 Å². The molecule has 122 valence electrons. The molecule has 0 saturated carbocycles. The SMILES string of the molecule is Cc1cccc(NC(=O)NCCn2cnc(C)c(C)c2=O)c1C. The third-order valence-electron chi connectivity index (χ3n) is 4.01. The van der Waals surface area contributed by atoms with Crippen LogP contribution in [0.2, 0.25) is 0 Å². The first-order valence-corrected chi connectivity index (χ1v) is 7.54. The van der Waals surface area contributed by atoms with E-state index >= 15 is 0 Å². The minimum Gasteiger partial charge on any atom is -0.336 e. The van der Waals surface area contributed by atoms with E-state index in [-0.39, 0.29) is 11.6 Å². The number of amides is 2. The summed E-state index contributed by atoms with van der Waals surface area (Å²) in [6.07, 6.45) is 1.51. The molecule has 2 rings (SSSR count). The van der Waals surface area contributed by atoms with Gasteiger partial charge in [-0.2, -0.15) is 0 Å². The molecule has 1 heterocycles. The number of anilines is 1. The summed E-state index contributed by atoms with van der Waals surface area (Å²) in [4.78, 5) is 28.1. The summed E-state index contributed by atoms with van der Waals surface area (Å²) in [5, 5.41) is 5.57. The minimum absolute atomic E-state index is 0.0748. The third kappa shape index (κ3) is 3.97. The van der Waals surface area contributed by atoms with Crippen LogP contribution < -0.4 is 16.2 Å². The number of nitrogens with zero attached hydrogens (tertiary/aromatic N) is 2. The Labute approximate surface area is 135 Å². The molecule has 0 saturated heterocycles. The maximum atomic E-state index is 12.0. The molecule has 0 spiro atoms. The van der Waals surface area contributed by atoms with Gasteiger partial charge in [-0.05, 0) is 44.9 Å². The first-order valence-electron chi connectivity index (χ1n) is 7.54. The number of carbonyl (C=O) groups excluding carboxylic acids is 1. The molecule has 0 aliphatic heterocycles. The summed E-state index contributed by atoms with van der Waals surface area (Å²) < 4.78 is 1.50. The molecule has 0 fully saturated rings. The molecule has 2 N–H and O–H groups in total. The average molecular weight is 314 g/mol. The van der Waals surface area contributed by atoms with Crippen molar-refractivity contribution in [3.05, 3.63) is 57.3 Å². The second-order valence-electron chi connectivity index (χ2n) is 5.58. The smallest absolute Gasteiger partial charge is 0.319 e. The summed E-state index contributed by atoms with van der Waals surface area (Å²) in [6.45, 7) is 8.25. The van der Waals surface area contributed by atoms with E-state index in [0.717, 1.165) is 22.5 Å². The molecule has 0 unspecified atom stereocenters. The highest BCUT2D eigenvalue weighted by Crippen LogP contribution is 2.17. The molecule has 1 aromatic carbocycles. The number of rotatable bonds is 4. The maximum Gasteiger partial charge on any atom is 0.319 e. The quantitative estimate of drug-likeness (QED) is 0.909. The summed E-state index contributed by atoms with van der Waals surface area (Å²) >= 11 is 0. The number of aryl methyl sites for hydroxylation is 2. The lowest BCUT2D eigenvalue weighted by Crippen LogP contribution is -2.34. The van der Waals surface area contributed by atoms with Gasteiger partial charge in [0.25, 0.3) is 5.56 Å². The van der Waals surface area contributed by atoms with Crippen LogP contribution in [0.4, 0.5) is 10.5 Å². The molecule has 23 heavy (non-hydrogen) atoms. The Bertz CT molecular complexity index is 781. The van der Waals surface area contributed by atoms with Gasteiger partial charge in [0, 0.05) is 30.0 Å². The number of nitrogens with one attached hydrogen (secondary N) is 2. The van der Waals surface area contributed by atoms with E-state index < -0.39 is 0 Å². The van der Waals surface area contributed by atoms with Gasteiger partial charge in [0.15, 0.2) is 0 Å². The molecule has 6 nitrogen and oxygen atoms in total. The Hall–Kier alpha value is -2.63. The molecule has 0 aliphatic carbocycles. The van der Waals surface area contributed by atoms with Crippen molar-refractivity contribution in [1.82, 2.24) is 14.9 Å². The van der Waals surface area contributed by atoms with Gasteiger partial charge in [-0.25, -0.2) is 9.78 Å². The second kappa shape index (κ2) is 7.09. The van der Waals surface area contributed by atoms with E-state index in [2.05, 4.69) is 15.6 Å². The monoisotopic (exact) mass is 314 g/mol. The minimum atomic E-state index is -0.288. The van der Waals surface area contributed by atoms with Crippen LogP contribution in [0.15, 0.2) is 29.3 Å². The molecular formula is C17H22N4O2. The number of aromatic nitrogens is 2. The van der Waals surface area contributed by atoms with Crippen LogP contribution in [0.5, 0.6) is 0 Å². The molecule has 0 bridgehead atoms. The van der Waals surface area contributed by atoms with E-state index in [9.17, 15) is 9.59 Å². The summed E-state index contributed by atoms with van der Waals surface area (Å²) in [6, 6.07) is 5.47. The topological polar surface area (TPSA) is 76.0 Å². The van der Waals surface area contributed by atoms with Crippen molar-refractivity contribution in [3.63, 3.8) is 0 Å². The van der Waals surface area contributed by atoms with Crippen molar-refractivity contribution in [1.29, 1.82) is 0 Å². The van der Waals surface area contributed by atoms with Gasteiger partial charge >= 0.3 is 6.03 Å². The highest BCUT2D eigenvalue weighted by atomic mass is 16.2. The molecule has 2 amide bonds. The zero-order chi connectivity index (χ0) is 17.0. The Morgan fingerprint density at radius 1 is 1.17 bits per heavy atom. The first kappa shape index (κ1) is 16.7. The van der Waals surface area contributed by atoms with E-state index in [1.807, 2.05) is 32.0 Å². The van der Waals surface area contributed by atoms with Crippen molar-refractivity contribution in [2.75, 3.05) is 11.9 Å². The Morgan fingerprint density at radius 2 is 1.91 bits per heavy atom. The lowest BCUT2D eigenvalue weighted by atomic mass is 10.1. The average Bonchev–Trinajstić information content (AvgIpc) is 2.52. The predicted octanol–water partition coefficient (Wildman–Crippen LogP) is 2.30. The predicted molar refractivity (Wildman–Crippen MR) is 90.9 cm³/mol. The van der Waals surface area contributed by atoms with Crippen LogP contribution in [0, 0.1) is 27.7 Å². The second-order valence-corrected chi connectivity index (χ2v) is 5.58. The number of urea groups is 1. The Balaban J connectivity index is 1.92. The lowest BCUT2D eigenvalue weighted by molar-refractivity contribution is 0.251. The maximum absolute atomic E-state index is 12.0. The fraction of sp³-hybridized carbons (Fsp3) is 0.353. The summed E-state index contributed by atoms with van der Waals surface area (Å²) in [5.41, 5.74) is 4.23. The zero-order valence-corrected chi connectivity index (χ0v) is 13.9. The van der Waals surface area contributed by atoms with Gasteiger partial charge in [0.05, 0.1) is 6.33 Å². The lowest BCUT2D eigenvalue weighted by Gasteiger charge is -2.12. The van der Waals surface area contributed by atoms with Crippen molar-refractivity contribution in [2.24, 2.45) is 0 Å². The molecule has 1 aromatic heterocycles. The fourth-order valence-corrected chi connectivity index (χ4v) is 2.18. The molecule has 0 radical (unpaired) electrons. The highest BCUT2D eigenvalue weighted by Gasteiger charge is 2.07. The third-order valence-corrected chi connectivity index (χ3v) is 4.01. The van der Waals surface area contributed by atoms with E-state index in [0.29, 0.717) is 18.7 Å². The molecule has 0 aliphatic rings. The van der Waals surface area contributed by atoms with Crippen LogP contribution in [0.1, 0.15) is 22.4 Å². The molecule has 6 heteroatoms. The Morgan fingerprint density at radius 3 is 2.65 bits per heavy atom. The number of hydrogen-bond acceptors (Lipinski definition) is 3. The van der Waals surface area contributed by atoms with Crippen LogP contribution in [0.25, 0.3) is 0 Å². The molecule has 0 atom stereocenters. The zero-order valence-electron chi connectivity index (χ0n) is 13.9. The normalized spacial score (nSPS) is 10.4. The molecule has 2 aromatic rings. The number of benzene rings is 1. The van der Waals surface area contributed by atoms with Gasteiger partial charge in [0.2, 0.25) is 0 Å². The van der Waals surface area contributed by atoms with Gasteiger partial charge in [-0.3, -0.25) is 9.36 Å². The van der Waals surface area contributed by atoms with E-state index in [1.165, 1.54) is 10.9 Å². The van der Waals surface area contributed by atoms with Crippen LogP contribution in [0.3, 0.4) is 0 Å². The highest BCUT2D eigenvalue weighted by molar-refractivity contribution is 5.90. The van der Waals surface area contributed by atoms with Crippen LogP contribution >= 0.6 is 0 Å². The van der Waals surface area contributed by atoms with Gasteiger partial charge in [0.1, 0.15) is 0 Å².